The van der Waals surface area contributed by atoms with Crippen molar-refractivity contribution in [3.8, 4) is 6.07 Å². The lowest BCUT2D eigenvalue weighted by atomic mass is 9.96. The zero-order valence-corrected chi connectivity index (χ0v) is 7.78. The van der Waals surface area contributed by atoms with Crippen LogP contribution in [-0.2, 0) is 5.60 Å². The van der Waals surface area contributed by atoms with Gasteiger partial charge in [-0.25, -0.2) is 22.0 Å². The van der Waals surface area contributed by atoms with Gasteiger partial charge in [0.25, 0.3) is 0 Å². The summed E-state index contributed by atoms with van der Waals surface area (Å²) in [4.78, 5) is 0. The zero-order chi connectivity index (χ0) is 12.7. The number of benzene rings is 1. The minimum Gasteiger partial charge on any atom is -0.371 e. The molecule has 0 aliphatic carbocycles. The largest absolute Gasteiger partial charge is 0.371 e. The van der Waals surface area contributed by atoms with E-state index < -0.39 is 40.3 Å². The molecule has 16 heavy (non-hydrogen) atoms. The molecule has 1 atom stereocenters. The quantitative estimate of drug-likeness (QED) is 0.352. The van der Waals surface area contributed by atoms with Gasteiger partial charge in [0.05, 0.1) is 5.56 Å². The van der Waals surface area contributed by atoms with Gasteiger partial charge in [0.1, 0.15) is 6.07 Å². The Morgan fingerprint density at radius 2 is 1.25 bits per heavy atom. The van der Waals surface area contributed by atoms with Gasteiger partial charge in [-0.1, -0.05) is 0 Å². The molecule has 0 spiro atoms. The Hall–Kier alpha value is -1.68. The standard InChI is InChI=1S/C9H4F5NO/c1-9(16,2-15)3-4(10)6(12)8(14)7(13)5(3)11/h16H,1H3/t9-/m0/s1. The molecular weight excluding hydrogens is 233 g/mol. The minimum absolute atomic E-state index is 0.616. The third-order valence-electron chi connectivity index (χ3n) is 1.91. The summed E-state index contributed by atoms with van der Waals surface area (Å²) in [6.45, 7) is 0.616. The number of nitrogens with zero attached hydrogens (tertiary/aromatic N) is 1. The number of nitriles is 1. The van der Waals surface area contributed by atoms with Gasteiger partial charge in [-0.2, -0.15) is 5.26 Å². The average molecular weight is 237 g/mol. The summed E-state index contributed by atoms with van der Waals surface area (Å²) in [6.07, 6.45) is 0. The molecule has 0 aromatic heterocycles. The Bertz CT molecular complexity index is 463. The first-order chi connectivity index (χ1) is 7.24. The van der Waals surface area contributed by atoms with Gasteiger partial charge in [0.2, 0.25) is 5.82 Å². The highest BCUT2D eigenvalue weighted by molar-refractivity contribution is 5.32. The van der Waals surface area contributed by atoms with E-state index in [0.29, 0.717) is 6.92 Å². The van der Waals surface area contributed by atoms with Crippen molar-refractivity contribution in [2.24, 2.45) is 0 Å². The summed E-state index contributed by atoms with van der Waals surface area (Å²) < 4.78 is 64.1. The van der Waals surface area contributed by atoms with E-state index in [0.717, 1.165) is 6.07 Å². The molecule has 0 aliphatic heterocycles. The first-order valence-electron chi connectivity index (χ1n) is 3.89. The minimum atomic E-state index is -2.80. The third kappa shape index (κ3) is 1.61. The van der Waals surface area contributed by atoms with E-state index in [4.69, 9.17) is 5.26 Å². The molecule has 86 valence electrons. The van der Waals surface area contributed by atoms with Crippen molar-refractivity contribution in [3.63, 3.8) is 0 Å². The zero-order valence-electron chi connectivity index (χ0n) is 7.78. The van der Waals surface area contributed by atoms with E-state index in [1.165, 1.54) is 0 Å². The highest BCUT2D eigenvalue weighted by atomic mass is 19.2. The number of rotatable bonds is 1. The molecule has 0 saturated heterocycles. The van der Waals surface area contributed by atoms with Crippen LogP contribution < -0.4 is 0 Å². The van der Waals surface area contributed by atoms with Crippen LogP contribution in [0.2, 0.25) is 0 Å². The Morgan fingerprint density at radius 3 is 1.56 bits per heavy atom. The molecule has 1 aromatic carbocycles. The van der Waals surface area contributed by atoms with Crippen LogP contribution >= 0.6 is 0 Å². The molecule has 7 heteroatoms. The fraction of sp³-hybridized carbons (Fsp3) is 0.222. The van der Waals surface area contributed by atoms with Gasteiger partial charge >= 0.3 is 0 Å². The molecule has 0 saturated carbocycles. The predicted octanol–water partition coefficient (Wildman–Crippen LogP) is 2.11. The molecule has 0 unspecified atom stereocenters. The molecule has 1 N–H and O–H groups in total. The molecule has 0 amide bonds. The van der Waals surface area contributed by atoms with E-state index in [9.17, 15) is 27.1 Å². The lowest BCUT2D eigenvalue weighted by Gasteiger charge is -2.17. The maximum atomic E-state index is 13.1. The number of aliphatic hydroxyl groups is 1. The summed E-state index contributed by atoms with van der Waals surface area (Å²) >= 11 is 0. The van der Waals surface area contributed by atoms with Gasteiger partial charge < -0.3 is 5.11 Å². The van der Waals surface area contributed by atoms with Crippen molar-refractivity contribution < 1.29 is 27.1 Å². The van der Waals surface area contributed by atoms with Crippen LogP contribution in [0.5, 0.6) is 0 Å². The van der Waals surface area contributed by atoms with Gasteiger partial charge in [-0.3, -0.25) is 0 Å². The Kier molecular flexibility index (Phi) is 2.88. The van der Waals surface area contributed by atoms with Crippen LogP contribution in [0.1, 0.15) is 12.5 Å². The van der Waals surface area contributed by atoms with Gasteiger partial charge in [-0.15, -0.1) is 0 Å². The topological polar surface area (TPSA) is 44.0 Å². The van der Waals surface area contributed by atoms with Crippen molar-refractivity contribution in [2.75, 3.05) is 0 Å². The predicted molar refractivity (Wildman–Crippen MR) is 41.4 cm³/mol. The highest BCUT2D eigenvalue weighted by Crippen LogP contribution is 2.30. The molecule has 0 aliphatic rings. The van der Waals surface area contributed by atoms with Crippen molar-refractivity contribution >= 4 is 0 Å². The maximum absolute atomic E-state index is 13.1. The summed E-state index contributed by atoms with van der Waals surface area (Å²) in [5.41, 5.74) is -4.37. The first-order valence-corrected chi connectivity index (χ1v) is 3.89. The number of hydrogen-bond acceptors (Lipinski definition) is 2. The fourth-order valence-electron chi connectivity index (χ4n) is 1.09. The SMILES string of the molecule is C[C@](O)(C#N)c1c(F)c(F)c(F)c(F)c1F. The highest BCUT2D eigenvalue weighted by Gasteiger charge is 2.36. The second kappa shape index (κ2) is 3.72. The van der Waals surface area contributed by atoms with Crippen molar-refractivity contribution in [1.29, 1.82) is 5.26 Å². The second-order valence-electron chi connectivity index (χ2n) is 3.13. The summed E-state index contributed by atoms with van der Waals surface area (Å²) in [5, 5.41) is 17.6. The molecule has 1 aromatic rings. The average Bonchev–Trinajstić information content (AvgIpc) is 2.23. The maximum Gasteiger partial charge on any atom is 0.200 e. The van der Waals surface area contributed by atoms with Crippen molar-refractivity contribution in [1.82, 2.24) is 0 Å². The van der Waals surface area contributed by atoms with Crippen LogP contribution in [0.25, 0.3) is 0 Å². The number of hydrogen-bond donors (Lipinski definition) is 1. The molecule has 0 heterocycles. The monoisotopic (exact) mass is 237 g/mol. The Morgan fingerprint density at radius 1 is 0.938 bits per heavy atom. The molecule has 1 rings (SSSR count). The third-order valence-corrected chi connectivity index (χ3v) is 1.91. The van der Waals surface area contributed by atoms with Crippen molar-refractivity contribution in [3.05, 3.63) is 34.6 Å². The molecular formula is C9H4F5NO. The van der Waals surface area contributed by atoms with Crippen LogP contribution in [0, 0.1) is 40.4 Å². The molecule has 0 bridgehead atoms. The first kappa shape index (κ1) is 12.4. The molecule has 2 nitrogen and oxygen atoms in total. The van der Waals surface area contributed by atoms with Gasteiger partial charge in [0, 0.05) is 0 Å². The Balaban J connectivity index is 3.73. The van der Waals surface area contributed by atoms with Crippen LogP contribution in [-0.4, -0.2) is 5.11 Å². The van der Waals surface area contributed by atoms with Gasteiger partial charge in [0.15, 0.2) is 28.9 Å². The fourth-order valence-corrected chi connectivity index (χ4v) is 1.09. The second-order valence-corrected chi connectivity index (χ2v) is 3.13. The normalized spacial score (nSPS) is 14.4. The van der Waals surface area contributed by atoms with Gasteiger partial charge in [-0.05, 0) is 6.92 Å². The number of halogens is 5. The van der Waals surface area contributed by atoms with E-state index in [1.807, 2.05) is 0 Å². The molecule has 0 fully saturated rings. The van der Waals surface area contributed by atoms with Crippen LogP contribution in [0.15, 0.2) is 0 Å². The smallest absolute Gasteiger partial charge is 0.200 e. The van der Waals surface area contributed by atoms with Crippen LogP contribution in [0.4, 0.5) is 22.0 Å². The lowest BCUT2D eigenvalue weighted by Crippen LogP contribution is -2.24. The molecule has 0 radical (unpaired) electrons. The van der Waals surface area contributed by atoms with Crippen LogP contribution in [0.3, 0.4) is 0 Å². The van der Waals surface area contributed by atoms with E-state index in [2.05, 4.69) is 0 Å². The van der Waals surface area contributed by atoms with E-state index >= 15 is 0 Å². The van der Waals surface area contributed by atoms with E-state index in [-0.39, 0.29) is 0 Å². The van der Waals surface area contributed by atoms with E-state index in [1.54, 1.807) is 0 Å². The lowest BCUT2D eigenvalue weighted by molar-refractivity contribution is 0.107. The summed E-state index contributed by atoms with van der Waals surface area (Å²) in [5.74, 6) is -11.2. The summed E-state index contributed by atoms with van der Waals surface area (Å²) in [7, 11) is 0. The Labute approximate surface area is 86.5 Å². The summed E-state index contributed by atoms with van der Waals surface area (Å²) in [6, 6.07) is 1.03. The van der Waals surface area contributed by atoms with Crippen molar-refractivity contribution in [2.45, 2.75) is 12.5 Å².